The molecule has 3 heteroatoms. The average Bonchev–Trinajstić information content (AvgIpc) is 2.81. The summed E-state index contributed by atoms with van der Waals surface area (Å²) in [5.41, 5.74) is 0.581. The number of halogens is 2. The number of unbranched alkanes of at least 4 members (excludes halogenated alkanes) is 1. The molecule has 1 aromatic carbocycles. The van der Waals surface area contributed by atoms with Crippen molar-refractivity contribution in [3.63, 3.8) is 0 Å². The SMILES string of the molecule is CCCCOc1ccc(C2CCC3CC(CCC4CCC(C)CC4)CCC3C2)c(F)c1F. The van der Waals surface area contributed by atoms with Crippen molar-refractivity contribution in [3.05, 3.63) is 29.3 Å². The van der Waals surface area contributed by atoms with Gasteiger partial charge in [-0.15, -0.1) is 0 Å². The maximum atomic E-state index is 14.9. The average molecular weight is 447 g/mol. The first-order valence-electron chi connectivity index (χ1n) is 13.7. The lowest BCUT2D eigenvalue weighted by atomic mass is 9.63. The molecule has 0 aromatic heterocycles. The third-order valence-corrected chi connectivity index (χ3v) is 9.11. The van der Waals surface area contributed by atoms with Crippen LogP contribution < -0.4 is 4.74 Å². The van der Waals surface area contributed by atoms with E-state index in [0.717, 1.165) is 49.4 Å². The lowest BCUT2D eigenvalue weighted by Gasteiger charge is -2.43. The molecular formula is C29H44F2O. The molecule has 3 aliphatic carbocycles. The molecule has 1 nitrogen and oxygen atoms in total. The summed E-state index contributed by atoms with van der Waals surface area (Å²) in [6.07, 6.45) is 17.7. The van der Waals surface area contributed by atoms with Crippen LogP contribution in [0.3, 0.4) is 0 Å². The van der Waals surface area contributed by atoms with E-state index in [9.17, 15) is 8.78 Å². The summed E-state index contributed by atoms with van der Waals surface area (Å²) in [4.78, 5) is 0. The molecule has 3 fully saturated rings. The van der Waals surface area contributed by atoms with Gasteiger partial charge in [0, 0.05) is 0 Å². The zero-order valence-corrected chi connectivity index (χ0v) is 20.4. The van der Waals surface area contributed by atoms with Crippen molar-refractivity contribution in [2.45, 2.75) is 110 Å². The Morgan fingerprint density at radius 1 is 0.812 bits per heavy atom. The van der Waals surface area contributed by atoms with Crippen molar-refractivity contribution in [2.75, 3.05) is 6.61 Å². The van der Waals surface area contributed by atoms with E-state index < -0.39 is 11.6 Å². The van der Waals surface area contributed by atoms with Crippen molar-refractivity contribution in [1.29, 1.82) is 0 Å². The monoisotopic (exact) mass is 446 g/mol. The van der Waals surface area contributed by atoms with Crippen LogP contribution in [-0.2, 0) is 0 Å². The fourth-order valence-corrected chi connectivity index (χ4v) is 6.92. The molecule has 0 aliphatic heterocycles. The molecular weight excluding hydrogens is 402 g/mol. The first-order chi connectivity index (χ1) is 15.5. The van der Waals surface area contributed by atoms with Crippen molar-refractivity contribution in [1.82, 2.24) is 0 Å². The second-order valence-corrected chi connectivity index (χ2v) is 11.4. The second kappa shape index (κ2) is 11.3. The Kier molecular flexibility index (Phi) is 8.51. The molecule has 1 aromatic rings. The van der Waals surface area contributed by atoms with Crippen LogP contribution in [0.25, 0.3) is 0 Å². The molecule has 0 heterocycles. The number of benzene rings is 1. The molecule has 0 spiro atoms. The minimum Gasteiger partial charge on any atom is -0.490 e. The van der Waals surface area contributed by atoms with E-state index in [0.29, 0.717) is 18.1 Å². The van der Waals surface area contributed by atoms with E-state index in [2.05, 4.69) is 13.8 Å². The van der Waals surface area contributed by atoms with Crippen molar-refractivity contribution < 1.29 is 13.5 Å². The molecule has 3 saturated carbocycles. The molecule has 0 amide bonds. The Labute approximate surface area is 194 Å². The van der Waals surface area contributed by atoms with Gasteiger partial charge in [-0.2, -0.15) is 4.39 Å². The van der Waals surface area contributed by atoms with Gasteiger partial charge in [0.05, 0.1) is 6.61 Å². The van der Waals surface area contributed by atoms with Crippen LogP contribution in [0, 0.1) is 41.2 Å². The first-order valence-corrected chi connectivity index (χ1v) is 13.7. The zero-order valence-electron chi connectivity index (χ0n) is 20.4. The molecule has 180 valence electrons. The Bertz CT molecular complexity index is 724. The van der Waals surface area contributed by atoms with Crippen LogP contribution in [0.4, 0.5) is 8.78 Å². The van der Waals surface area contributed by atoms with Crippen molar-refractivity contribution in [2.24, 2.45) is 29.6 Å². The van der Waals surface area contributed by atoms with Crippen molar-refractivity contribution >= 4 is 0 Å². The largest absolute Gasteiger partial charge is 0.490 e. The molecule has 0 N–H and O–H groups in total. The zero-order chi connectivity index (χ0) is 22.5. The standard InChI is InChI=1S/C29H44F2O/c1-3-4-17-32-27-16-15-26(28(30)29(27)31)25-14-13-23-18-22(11-12-24(23)19-25)10-9-21-7-5-20(2)6-8-21/h15-16,20-25H,3-14,17-19H2,1-2H3. The van der Waals surface area contributed by atoms with E-state index in [1.54, 1.807) is 12.1 Å². The fraction of sp³-hybridized carbons (Fsp3) is 0.793. The van der Waals surface area contributed by atoms with Crippen LogP contribution >= 0.6 is 0 Å². The Hall–Kier alpha value is -1.12. The van der Waals surface area contributed by atoms with E-state index in [4.69, 9.17) is 4.74 Å². The highest BCUT2D eigenvalue weighted by atomic mass is 19.2. The maximum Gasteiger partial charge on any atom is 0.200 e. The van der Waals surface area contributed by atoms with Crippen LogP contribution in [0.5, 0.6) is 5.75 Å². The normalized spacial score (nSPS) is 33.0. The van der Waals surface area contributed by atoms with Crippen LogP contribution in [0.2, 0.25) is 0 Å². The number of hydrogen-bond donors (Lipinski definition) is 0. The topological polar surface area (TPSA) is 9.23 Å². The van der Waals surface area contributed by atoms with E-state index in [1.807, 2.05) is 0 Å². The van der Waals surface area contributed by atoms with Gasteiger partial charge in [-0.05, 0) is 85.7 Å². The Balaban J connectivity index is 1.27. The summed E-state index contributed by atoms with van der Waals surface area (Å²) in [6.45, 7) is 4.91. The quantitative estimate of drug-likeness (QED) is 0.362. The summed E-state index contributed by atoms with van der Waals surface area (Å²) >= 11 is 0. The molecule has 0 saturated heterocycles. The summed E-state index contributed by atoms with van der Waals surface area (Å²) in [5.74, 6) is 3.11. The highest BCUT2D eigenvalue weighted by Gasteiger charge is 2.37. The third-order valence-electron chi connectivity index (χ3n) is 9.11. The number of rotatable bonds is 8. The third kappa shape index (κ3) is 5.86. The predicted octanol–water partition coefficient (Wildman–Crippen LogP) is 9.05. The fourth-order valence-electron chi connectivity index (χ4n) is 6.92. The minimum absolute atomic E-state index is 0.0707. The minimum atomic E-state index is -0.790. The summed E-state index contributed by atoms with van der Waals surface area (Å²) in [6, 6.07) is 3.44. The van der Waals surface area contributed by atoms with Crippen LogP contribution in [0.1, 0.15) is 115 Å². The van der Waals surface area contributed by atoms with Crippen LogP contribution in [-0.4, -0.2) is 6.61 Å². The van der Waals surface area contributed by atoms with Gasteiger partial charge in [0.2, 0.25) is 5.82 Å². The van der Waals surface area contributed by atoms with Gasteiger partial charge in [0.25, 0.3) is 0 Å². The molecule has 0 radical (unpaired) electrons. The van der Waals surface area contributed by atoms with E-state index >= 15 is 0 Å². The van der Waals surface area contributed by atoms with E-state index in [-0.39, 0.29) is 11.7 Å². The summed E-state index contributed by atoms with van der Waals surface area (Å²) in [7, 11) is 0. The lowest BCUT2D eigenvalue weighted by molar-refractivity contribution is 0.108. The van der Waals surface area contributed by atoms with Gasteiger partial charge in [-0.1, -0.05) is 71.3 Å². The maximum absolute atomic E-state index is 14.9. The number of hydrogen-bond acceptors (Lipinski definition) is 1. The van der Waals surface area contributed by atoms with Gasteiger partial charge in [0.1, 0.15) is 0 Å². The summed E-state index contributed by atoms with van der Waals surface area (Å²) < 4.78 is 34.9. The van der Waals surface area contributed by atoms with Gasteiger partial charge in [-0.3, -0.25) is 0 Å². The van der Waals surface area contributed by atoms with Crippen LogP contribution in [0.15, 0.2) is 12.1 Å². The van der Waals surface area contributed by atoms with Crippen molar-refractivity contribution in [3.8, 4) is 5.75 Å². The summed E-state index contributed by atoms with van der Waals surface area (Å²) in [5, 5.41) is 0. The molecule has 4 rings (SSSR count). The molecule has 3 aliphatic rings. The number of fused-ring (bicyclic) bond motifs is 1. The molecule has 4 atom stereocenters. The van der Waals surface area contributed by atoms with Gasteiger partial charge in [0.15, 0.2) is 11.6 Å². The number of ether oxygens (including phenoxy) is 1. The van der Waals surface area contributed by atoms with E-state index in [1.165, 1.54) is 64.2 Å². The Morgan fingerprint density at radius 3 is 2.28 bits per heavy atom. The lowest BCUT2D eigenvalue weighted by Crippen LogP contribution is -2.31. The molecule has 0 bridgehead atoms. The first kappa shape index (κ1) is 24.0. The predicted molar refractivity (Wildman–Crippen MR) is 128 cm³/mol. The Morgan fingerprint density at radius 2 is 1.50 bits per heavy atom. The van der Waals surface area contributed by atoms with Gasteiger partial charge in [-0.25, -0.2) is 4.39 Å². The molecule has 32 heavy (non-hydrogen) atoms. The molecule has 4 unspecified atom stereocenters. The smallest absolute Gasteiger partial charge is 0.200 e. The van der Waals surface area contributed by atoms with Gasteiger partial charge >= 0.3 is 0 Å². The second-order valence-electron chi connectivity index (χ2n) is 11.4. The highest BCUT2D eigenvalue weighted by Crippen LogP contribution is 2.49. The highest BCUT2D eigenvalue weighted by molar-refractivity contribution is 5.33. The van der Waals surface area contributed by atoms with Gasteiger partial charge < -0.3 is 4.74 Å².